The van der Waals surface area contributed by atoms with Crippen LogP contribution in [0.5, 0.6) is 0 Å². The van der Waals surface area contributed by atoms with E-state index < -0.39 is 23.5 Å². The van der Waals surface area contributed by atoms with Crippen LogP contribution in [0.3, 0.4) is 0 Å². The first-order valence-electron chi connectivity index (χ1n) is 5.86. The van der Waals surface area contributed by atoms with Gasteiger partial charge in [0, 0.05) is 6.20 Å². The van der Waals surface area contributed by atoms with Gasteiger partial charge in [-0.1, -0.05) is 30.3 Å². The number of amides is 1. The molecule has 1 atom stereocenters. The van der Waals surface area contributed by atoms with Crippen molar-refractivity contribution >= 4 is 11.9 Å². The molecule has 20 heavy (non-hydrogen) atoms. The van der Waals surface area contributed by atoms with E-state index in [1.165, 1.54) is 18.3 Å². The van der Waals surface area contributed by atoms with E-state index in [1.807, 2.05) is 0 Å². The third-order valence-corrected chi connectivity index (χ3v) is 2.72. The van der Waals surface area contributed by atoms with Gasteiger partial charge in [-0.05, 0) is 17.7 Å². The monoisotopic (exact) mass is 272 g/mol. The number of carbonyl (C=O) groups is 2. The van der Waals surface area contributed by atoms with Crippen LogP contribution in [0.1, 0.15) is 22.0 Å². The van der Waals surface area contributed by atoms with Crippen LogP contribution in [-0.4, -0.2) is 22.0 Å². The lowest BCUT2D eigenvalue weighted by atomic mass is 10.1. The Morgan fingerprint density at radius 3 is 2.40 bits per heavy atom. The Morgan fingerprint density at radius 2 is 1.80 bits per heavy atom. The summed E-state index contributed by atoms with van der Waals surface area (Å²) in [5.41, 5.74) is -0.266. The Labute approximate surface area is 114 Å². The van der Waals surface area contributed by atoms with E-state index in [-0.39, 0.29) is 5.56 Å². The summed E-state index contributed by atoms with van der Waals surface area (Å²) in [4.78, 5) is 37.1. The van der Waals surface area contributed by atoms with Crippen LogP contribution in [0, 0.1) is 0 Å². The molecule has 0 aliphatic carbocycles. The molecular weight excluding hydrogens is 260 g/mol. The highest BCUT2D eigenvalue weighted by Crippen LogP contribution is 2.13. The van der Waals surface area contributed by atoms with Crippen molar-refractivity contribution in [2.45, 2.75) is 6.04 Å². The SMILES string of the molecule is O=C(NC(C(=O)O)c1ccccc1)c1ccc[nH]c1=O. The van der Waals surface area contributed by atoms with Gasteiger partial charge in [0.15, 0.2) is 6.04 Å². The minimum Gasteiger partial charge on any atom is -0.479 e. The molecule has 0 saturated carbocycles. The predicted molar refractivity (Wildman–Crippen MR) is 71.3 cm³/mol. The lowest BCUT2D eigenvalue weighted by Crippen LogP contribution is -2.36. The summed E-state index contributed by atoms with van der Waals surface area (Å²) in [6, 6.07) is 9.89. The second kappa shape index (κ2) is 5.83. The molecule has 0 aliphatic heterocycles. The molecule has 6 heteroatoms. The summed E-state index contributed by atoms with van der Waals surface area (Å²) in [5, 5.41) is 11.5. The molecule has 1 aromatic carbocycles. The third-order valence-electron chi connectivity index (χ3n) is 2.72. The van der Waals surface area contributed by atoms with Crippen molar-refractivity contribution in [3.8, 4) is 0 Å². The molecular formula is C14H12N2O4. The Hall–Kier alpha value is -2.89. The number of H-pyrrole nitrogens is 1. The average Bonchev–Trinajstić information content (AvgIpc) is 2.45. The Bertz CT molecular complexity index is 679. The molecule has 1 unspecified atom stereocenters. The molecule has 0 aliphatic rings. The van der Waals surface area contributed by atoms with Gasteiger partial charge in [-0.15, -0.1) is 0 Å². The van der Waals surface area contributed by atoms with E-state index in [1.54, 1.807) is 30.3 Å². The van der Waals surface area contributed by atoms with Crippen LogP contribution < -0.4 is 10.9 Å². The lowest BCUT2D eigenvalue weighted by Gasteiger charge is -2.14. The van der Waals surface area contributed by atoms with Crippen molar-refractivity contribution in [2.24, 2.45) is 0 Å². The van der Waals surface area contributed by atoms with Gasteiger partial charge >= 0.3 is 5.97 Å². The molecule has 2 rings (SSSR count). The molecule has 1 amide bonds. The zero-order valence-corrected chi connectivity index (χ0v) is 10.4. The Balaban J connectivity index is 2.26. The number of nitrogens with one attached hydrogen (secondary N) is 2. The first kappa shape index (κ1) is 13.5. The van der Waals surface area contributed by atoms with Gasteiger partial charge in [0.25, 0.3) is 11.5 Å². The molecule has 1 heterocycles. The number of carbonyl (C=O) groups excluding carboxylic acids is 1. The van der Waals surface area contributed by atoms with E-state index in [0.29, 0.717) is 5.56 Å². The number of benzene rings is 1. The first-order chi connectivity index (χ1) is 9.59. The molecule has 3 N–H and O–H groups in total. The maximum Gasteiger partial charge on any atom is 0.330 e. The van der Waals surface area contributed by atoms with Gasteiger partial charge in [0.2, 0.25) is 0 Å². The number of aliphatic carboxylic acids is 1. The molecule has 6 nitrogen and oxygen atoms in total. The van der Waals surface area contributed by atoms with Crippen LogP contribution in [0.4, 0.5) is 0 Å². The van der Waals surface area contributed by atoms with E-state index in [9.17, 15) is 19.5 Å². The number of carboxylic acids is 1. The highest BCUT2D eigenvalue weighted by Gasteiger charge is 2.23. The van der Waals surface area contributed by atoms with Gasteiger partial charge in [0.1, 0.15) is 5.56 Å². The highest BCUT2D eigenvalue weighted by atomic mass is 16.4. The number of aromatic amines is 1. The molecule has 102 valence electrons. The topological polar surface area (TPSA) is 99.3 Å². The van der Waals surface area contributed by atoms with Gasteiger partial charge in [0.05, 0.1) is 0 Å². The quantitative estimate of drug-likeness (QED) is 0.771. The van der Waals surface area contributed by atoms with Crippen molar-refractivity contribution in [2.75, 3.05) is 0 Å². The summed E-state index contributed by atoms with van der Waals surface area (Å²) in [6.07, 6.45) is 1.39. The Morgan fingerprint density at radius 1 is 1.10 bits per heavy atom. The number of rotatable bonds is 4. The van der Waals surface area contributed by atoms with Gasteiger partial charge in [-0.2, -0.15) is 0 Å². The predicted octanol–water partition coefficient (Wildman–Crippen LogP) is 0.931. The van der Waals surface area contributed by atoms with Crippen LogP contribution in [0.2, 0.25) is 0 Å². The van der Waals surface area contributed by atoms with Crippen LogP contribution in [0.15, 0.2) is 53.5 Å². The molecule has 0 bridgehead atoms. The van der Waals surface area contributed by atoms with Crippen molar-refractivity contribution in [1.29, 1.82) is 0 Å². The first-order valence-corrected chi connectivity index (χ1v) is 5.86. The molecule has 0 radical (unpaired) electrons. The van der Waals surface area contributed by atoms with Crippen LogP contribution >= 0.6 is 0 Å². The standard InChI is InChI=1S/C14H12N2O4/c17-12-10(7-4-8-15-12)13(18)16-11(14(19)20)9-5-2-1-3-6-9/h1-8,11H,(H,15,17)(H,16,18)(H,19,20). The number of hydrogen-bond donors (Lipinski definition) is 3. The highest BCUT2D eigenvalue weighted by molar-refractivity contribution is 5.96. The van der Waals surface area contributed by atoms with Gasteiger partial charge in [-0.3, -0.25) is 9.59 Å². The minimum atomic E-state index is -1.21. The summed E-state index contributed by atoms with van der Waals surface area (Å²) in [5.74, 6) is -1.93. The number of hydrogen-bond acceptors (Lipinski definition) is 3. The minimum absolute atomic E-state index is 0.130. The van der Waals surface area contributed by atoms with Crippen molar-refractivity contribution in [1.82, 2.24) is 10.3 Å². The van der Waals surface area contributed by atoms with Crippen LogP contribution in [0.25, 0.3) is 0 Å². The zero-order valence-electron chi connectivity index (χ0n) is 10.4. The summed E-state index contributed by atoms with van der Waals surface area (Å²) < 4.78 is 0. The second-order valence-corrected chi connectivity index (χ2v) is 4.07. The van der Waals surface area contributed by atoms with E-state index in [0.717, 1.165) is 0 Å². The smallest absolute Gasteiger partial charge is 0.330 e. The van der Waals surface area contributed by atoms with E-state index in [4.69, 9.17) is 0 Å². The van der Waals surface area contributed by atoms with Crippen molar-refractivity contribution in [3.05, 3.63) is 70.1 Å². The fourth-order valence-corrected chi connectivity index (χ4v) is 1.74. The maximum absolute atomic E-state index is 12.0. The van der Waals surface area contributed by atoms with E-state index in [2.05, 4.69) is 10.3 Å². The van der Waals surface area contributed by atoms with Gasteiger partial charge in [-0.25, -0.2) is 4.79 Å². The van der Waals surface area contributed by atoms with Crippen molar-refractivity contribution < 1.29 is 14.7 Å². The number of carboxylic acid groups (broad SMARTS) is 1. The lowest BCUT2D eigenvalue weighted by molar-refractivity contribution is -0.139. The average molecular weight is 272 g/mol. The second-order valence-electron chi connectivity index (χ2n) is 4.07. The number of aromatic nitrogens is 1. The number of pyridine rings is 1. The van der Waals surface area contributed by atoms with Crippen LogP contribution in [-0.2, 0) is 4.79 Å². The molecule has 0 saturated heterocycles. The van der Waals surface area contributed by atoms with E-state index >= 15 is 0 Å². The summed E-state index contributed by atoms with van der Waals surface area (Å²) in [6.45, 7) is 0. The summed E-state index contributed by atoms with van der Waals surface area (Å²) >= 11 is 0. The third kappa shape index (κ3) is 2.92. The molecule has 1 aromatic heterocycles. The zero-order chi connectivity index (χ0) is 14.5. The maximum atomic E-state index is 12.0. The normalized spacial score (nSPS) is 11.6. The summed E-state index contributed by atoms with van der Waals surface area (Å²) in [7, 11) is 0. The fraction of sp³-hybridized carbons (Fsp3) is 0.0714. The van der Waals surface area contributed by atoms with Gasteiger partial charge < -0.3 is 15.4 Å². The van der Waals surface area contributed by atoms with Crippen molar-refractivity contribution in [3.63, 3.8) is 0 Å². The fourth-order valence-electron chi connectivity index (χ4n) is 1.74. The molecule has 0 fully saturated rings. The molecule has 2 aromatic rings. The Kier molecular flexibility index (Phi) is 3.95. The largest absolute Gasteiger partial charge is 0.479 e. The molecule has 0 spiro atoms.